The van der Waals surface area contributed by atoms with Gasteiger partial charge in [-0.1, -0.05) is 123 Å². The van der Waals surface area contributed by atoms with Crippen molar-refractivity contribution in [3.8, 4) is 11.8 Å². The van der Waals surface area contributed by atoms with E-state index in [9.17, 15) is 10.2 Å². The maximum absolute atomic E-state index is 10.2. The number of epoxide rings is 1. The van der Waals surface area contributed by atoms with Crippen LogP contribution in [0.25, 0.3) is 0 Å². The fourth-order valence-electron chi connectivity index (χ4n) is 6.69. The van der Waals surface area contributed by atoms with E-state index in [4.69, 9.17) is 4.74 Å². The zero-order valence-electron chi connectivity index (χ0n) is 27.9. The van der Waals surface area contributed by atoms with Crippen LogP contribution in [-0.2, 0) is 4.74 Å². The topological polar surface area (TPSA) is 53.0 Å². The van der Waals surface area contributed by atoms with Crippen LogP contribution in [-0.4, -0.2) is 33.6 Å². The van der Waals surface area contributed by atoms with E-state index in [-0.39, 0.29) is 34.2 Å². The fourth-order valence-corrected chi connectivity index (χ4v) is 6.69. The molecule has 4 atom stereocenters. The van der Waals surface area contributed by atoms with Gasteiger partial charge in [-0.15, -0.1) is 5.57 Å². The summed E-state index contributed by atoms with van der Waals surface area (Å²) in [6.45, 7) is 23.2. The van der Waals surface area contributed by atoms with Gasteiger partial charge in [0.05, 0.1) is 12.2 Å². The minimum atomic E-state index is -0.325. The zero-order valence-corrected chi connectivity index (χ0v) is 27.9. The second-order valence-corrected chi connectivity index (χ2v) is 14.2. The summed E-state index contributed by atoms with van der Waals surface area (Å²) in [6.07, 6.45) is 27.2. The molecule has 43 heavy (non-hydrogen) atoms. The molecule has 0 amide bonds. The average molecular weight is 582 g/mol. The lowest BCUT2D eigenvalue weighted by atomic mass is 9.63. The standard InChI is InChI=1S/C40H53O3/c1-29(17-13-19-31(3)21-22-36-33(5)25-34(41)26-37(36,6)7)15-11-12-16-30(2)18-14-20-32(4)23-24-40-38(8,9)27-35(42)28-39(40,10)43-40/h11-20,23-24,34-35,41-42H,5,25-28H2,1-4,6-10H3/q-1/b12-11+,17-13+,18-14+,24-23+,29-15+,30-16+,31-19+,32-20+/t34-,35+,39-,40+/m1/s1. The minimum absolute atomic E-state index is 0.0986. The summed E-state index contributed by atoms with van der Waals surface area (Å²) >= 11 is 0. The van der Waals surface area contributed by atoms with Crippen LogP contribution in [0.3, 0.4) is 0 Å². The Kier molecular flexibility index (Phi) is 11.0. The van der Waals surface area contributed by atoms with Gasteiger partial charge >= 0.3 is 0 Å². The molecule has 0 radical (unpaired) electrons. The largest absolute Gasteiger partial charge is 0.393 e. The van der Waals surface area contributed by atoms with Crippen molar-refractivity contribution in [2.45, 2.75) is 111 Å². The second-order valence-electron chi connectivity index (χ2n) is 14.2. The first kappa shape index (κ1) is 34.5. The van der Waals surface area contributed by atoms with Crippen LogP contribution >= 0.6 is 0 Å². The van der Waals surface area contributed by atoms with Crippen molar-refractivity contribution < 1.29 is 14.9 Å². The number of hydrogen-bond donors (Lipinski definition) is 2. The Bertz CT molecular complexity index is 1360. The lowest BCUT2D eigenvalue weighted by molar-refractivity contribution is 0.0515. The summed E-state index contributed by atoms with van der Waals surface area (Å²) in [6, 6.07) is 0. The smallest absolute Gasteiger partial charge is 0.121 e. The zero-order chi connectivity index (χ0) is 32.1. The molecular formula is C40H53O3-. The van der Waals surface area contributed by atoms with E-state index in [1.807, 2.05) is 25.2 Å². The van der Waals surface area contributed by atoms with Gasteiger partial charge in [-0.05, 0) is 65.4 Å². The Labute approximate surface area is 261 Å². The molecule has 0 aromatic carbocycles. The van der Waals surface area contributed by atoms with Crippen LogP contribution in [0.4, 0.5) is 0 Å². The van der Waals surface area contributed by atoms with Crippen molar-refractivity contribution in [1.82, 2.24) is 0 Å². The van der Waals surface area contributed by atoms with E-state index >= 15 is 0 Å². The Hall–Kier alpha value is -3.03. The number of allylic oxidation sites excluding steroid dienone is 15. The molecule has 2 aliphatic carbocycles. The minimum Gasteiger partial charge on any atom is -0.393 e. The van der Waals surface area contributed by atoms with Gasteiger partial charge in [0, 0.05) is 11.8 Å². The van der Waals surface area contributed by atoms with E-state index in [1.165, 1.54) is 5.57 Å². The summed E-state index contributed by atoms with van der Waals surface area (Å²) < 4.78 is 6.24. The Morgan fingerprint density at radius 3 is 1.93 bits per heavy atom. The first-order chi connectivity index (χ1) is 20.0. The molecule has 1 aliphatic heterocycles. The number of aliphatic hydroxyl groups is 2. The fraction of sp³-hybridized carbons (Fsp3) is 0.475. The van der Waals surface area contributed by atoms with Gasteiger partial charge in [0.2, 0.25) is 0 Å². The van der Waals surface area contributed by atoms with E-state index in [0.29, 0.717) is 12.8 Å². The third-order valence-electron chi connectivity index (χ3n) is 8.98. The SMILES string of the molecule is C=C1C[C@@H](O)CC(C)(C)[C-]1C#C/C(C)=C/C=C/C(C)=C/C=C/C=C(C)/C=C/C=C(C)/C=C/[C@@]12O[C@]1(C)C[C@@H](O)CC2(C)C. The molecule has 1 saturated heterocycles. The lowest BCUT2D eigenvalue weighted by Gasteiger charge is -2.45. The van der Waals surface area contributed by atoms with Crippen molar-refractivity contribution >= 4 is 0 Å². The van der Waals surface area contributed by atoms with E-state index < -0.39 is 0 Å². The molecule has 0 bridgehead atoms. The van der Waals surface area contributed by atoms with E-state index in [0.717, 1.165) is 41.1 Å². The van der Waals surface area contributed by atoms with Crippen LogP contribution in [0.5, 0.6) is 0 Å². The average Bonchev–Trinajstić information content (AvgIpc) is 3.49. The van der Waals surface area contributed by atoms with Crippen LogP contribution in [0.2, 0.25) is 0 Å². The molecular weight excluding hydrogens is 528 g/mol. The van der Waals surface area contributed by atoms with Crippen LogP contribution in [0, 0.1) is 28.6 Å². The molecule has 2 N–H and O–H groups in total. The molecule has 0 unspecified atom stereocenters. The lowest BCUT2D eigenvalue weighted by Crippen LogP contribution is -2.46. The summed E-state index contributed by atoms with van der Waals surface area (Å²) in [5.74, 6) is 7.63. The van der Waals surface area contributed by atoms with Crippen molar-refractivity contribution in [2.24, 2.45) is 10.8 Å². The van der Waals surface area contributed by atoms with Crippen molar-refractivity contribution in [2.75, 3.05) is 0 Å². The maximum Gasteiger partial charge on any atom is 0.121 e. The maximum atomic E-state index is 10.2. The molecule has 0 aromatic heterocycles. The Morgan fingerprint density at radius 2 is 1.35 bits per heavy atom. The first-order valence-electron chi connectivity index (χ1n) is 15.6. The Morgan fingerprint density at radius 1 is 0.791 bits per heavy atom. The molecule has 232 valence electrons. The molecule has 3 rings (SSSR count). The predicted octanol–water partition coefficient (Wildman–Crippen LogP) is 9.02. The Balaban J connectivity index is 1.50. The molecule has 3 heteroatoms. The summed E-state index contributed by atoms with van der Waals surface area (Å²) in [5.41, 5.74) is 4.61. The third kappa shape index (κ3) is 8.76. The highest BCUT2D eigenvalue weighted by molar-refractivity contribution is 5.47. The van der Waals surface area contributed by atoms with Crippen LogP contribution in [0.15, 0.2) is 107 Å². The summed E-state index contributed by atoms with van der Waals surface area (Å²) in [5, 5.41) is 20.3. The van der Waals surface area contributed by atoms with E-state index in [2.05, 4.69) is 128 Å². The summed E-state index contributed by atoms with van der Waals surface area (Å²) in [7, 11) is 0. The second kappa shape index (κ2) is 13.7. The normalized spacial score (nSPS) is 31.7. The number of rotatable bonds is 8. The van der Waals surface area contributed by atoms with Crippen molar-refractivity contribution in [3.63, 3.8) is 0 Å². The quantitative estimate of drug-likeness (QED) is 0.130. The predicted molar refractivity (Wildman–Crippen MR) is 182 cm³/mol. The number of hydrogen-bond acceptors (Lipinski definition) is 3. The van der Waals surface area contributed by atoms with E-state index in [1.54, 1.807) is 0 Å². The first-order valence-corrected chi connectivity index (χ1v) is 15.6. The molecule has 0 spiro atoms. The molecule has 3 fully saturated rings. The highest BCUT2D eigenvalue weighted by Gasteiger charge is 2.74. The molecule has 1 heterocycles. The number of fused-ring (bicyclic) bond motifs is 1. The van der Waals surface area contributed by atoms with Crippen LogP contribution in [0.1, 0.15) is 88.0 Å². The number of ether oxygens (including phenoxy) is 1. The van der Waals surface area contributed by atoms with Gasteiger partial charge in [-0.2, -0.15) is 6.58 Å². The molecule has 0 aromatic rings. The van der Waals surface area contributed by atoms with Gasteiger partial charge < -0.3 is 14.9 Å². The monoisotopic (exact) mass is 581 g/mol. The molecule has 3 nitrogen and oxygen atoms in total. The molecule has 2 saturated carbocycles. The van der Waals surface area contributed by atoms with Crippen LogP contribution < -0.4 is 0 Å². The molecule has 3 aliphatic rings. The van der Waals surface area contributed by atoms with Gasteiger partial charge in [0.15, 0.2) is 0 Å². The van der Waals surface area contributed by atoms with Crippen molar-refractivity contribution in [1.29, 1.82) is 0 Å². The van der Waals surface area contributed by atoms with Gasteiger partial charge in [-0.25, -0.2) is 11.8 Å². The van der Waals surface area contributed by atoms with Gasteiger partial charge in [0.25, 0.3) is 0 Å². The summed E-state index contributed by atoms with van der Waals surface area (Å²) in [4.78, 5) is 0. The van der Waals surface area contributed by atoms with Gasteiger partial charge in [0.1, 0.15) is 11.2 Å². The van der Waals surface area contributed by atoms with Gasteiger partial charge in [-0.3, -0.25) is 0 Å². The third-order valence-corrected chi connectivity index (χ3v) is 8.98. The van der Waals surface area contributed by atoms with Crippen molar-refractivity contribution in [3.05, 3.63) is 113 Å². The highest BCUT2D eigenvalue weighted by Crippen LogP contribution is 2.66. The number of aliphatic hydroxyl groups excluding tert-OH is 2. The highest BCUT2D eigenvalue weighted by atomic mass is 16.6.